The fourth-order valence-corrected chi connectivity index (χ4v) is 4.41. The van der Waals surface area contributed by atoms with Gasteiger partial charge in [-0.25, -0.2) is 14.5 Å². The van der Waals surface area contributed by atoms with E-state index in [9.17, 15) is 4.79 Å². The molecule has 0 bridgehead atoms. The fraction of sp³-hybridized carbons (Fsp3) is 0.529. The molecule has 1 N–H and O–H groups in total. The Balaban J connectivity index is 1.83. The minimum absolute atomic E-state index is 0.108. The highest BCUT2D eigenvalue weighted by Crippen LogP contribution is 2.38. The van der Waals surface area contributed by atoms with E-state index in [0.717, 1.165) is 35.1 Å². The number of thiophene rings is 1. The number of carbonyl (C=O) groups is 1. The van der Waals surface area contributed by atoms with Crippen LogP contribution in [0.15, 0.2) is 6.33 Å². The van der Waals surface area contributed by atoms with Gasteiger partial charge in [-0.1, -0.05) is 13.8 Å². The molecule has 0 aromatic carbocycles. The van der Waals surface area contributed by atoms with E-state index in [2.05, 4.69) is 27.3 Å². The van der Waals surface area contributed by atoms with Gasteiger partial charge in [-0.3, -0.25) is 4.79 Å². The van der Waals surface area contributed by atoms with Gasteiger partial charge in [0.1, 0.15) is 11.2 Å². The summed E-state index contributed by atoms with van der Waals surface area (Å²) in [5.74, 6) is 0.665. The molecule has 3 aromatic heterocycles. The van der Waals surface area contributed by atoms with Crippen molar-refractivity contribution in [1.29, 1.82) is 0 Å². The van der Waals surface area contributed by atoms with Crippen LogP contribution in [0.5, 0.6) is 0 Å². The molecule has 4 rings (SSSR count). The number of aryl methyl sites for hydroxylation is 1. The molecule has 0 fully saturated rings. The van der Waals surface area contributed by atoms with E-state index in [0.29, 0.717) is 5.92 Å². The van der Waals surface area contributed by atoms with Crippen molar-refractivity contribution < 1.29 is 4.79 Å². The van der Waals surface area contributed by atoms with E-state index < -0.39 is 0 Å². The van der Waals surface area contributed by atoms with Crippen molar-refractivity contribution in [3.05, 3.63) is 22.6 Å². The van der Waals surface area contributed by atoms with Crippen LogP contribution < -0.4 is 5.32 Å². The van der Waals surface area contributed by atoms with Crippen LogP contribution in [-0.4, -0.2) is 31.5 Å². The number of rotatable bonds is 3. The Morgan fingerprint density at radius 1 is 1.54 bits per heavy atom. The first-order chi connectivity index (χ1) is 11.6. The number of carbonyl (C=O) groups excluding carboxylic acids is 1. The van der Waals surface area contributed by atoms with Crippen LogP contribution in [0.4, 0.5) is 0 Å². The normalized spacial score (nSPS) is 18.7. The molecule has 2 atom stereocenters. The lowest BCUT2D eigenvalue weighted by Crippen LogP contribution is -2.32. The van der Waals surface area contributed by atoms with Crippen molar-refractivity contribution in [3.63, 3.8) is 0 Å². The lowest BCUT2D eigenvalue weighted by molar-refractivity contribution is 0.0929. The summed E-state index contributed by atoms with van der Waals surface area (Å²) in [4.78, 5) is 23.8. The summed E-state index contributed by atoms with van der Waals surface area (Å²) in [6, 6.07) is 0.108. The Morgan fingerprint density at radius 2 is 2.38 bits per heavy atom. The molecule has 0 saturated heterocycles. The maximum Gasteiger partial charge on any atom is 0.291 e. The Kier molecular flexibility index (Phi) is 3.75. The molecule has 2 unspecified atom stereocenters. The minimum Gasteiger partial charge on any atom is -0.347 e. The zero-order valence-corrected chi connectivity index (χ0v) is 15.0. The van der Waals surface area contributed by atoms with Crippen LogP contribution in [0.25, 0.3) is 15.9 Å². The van der Waals surface area contributed by atoms with Gasteiger partial charge in [0.05, 0.1) is 5.39 Å². The average molecular weight is 343 g/mol. The first-order valence-corrected chi connectivity index (χ1v) is 9.35. The van der Waals surface area contributed by atoms with Gasteiger partial charge in [-0.2, -0.15) is 0 Å². The average Bonchev–Trinajstić information content (AvgIpc) is 3.14. The predicted octanol–water partition coefficient (Wildman–Crippen LogP) is 2.99. The van der Waals surface area contributed by atoms with E-state index in [4.69, 9.17) is 0 Å². The summed E-state index contributed by atoms with van der Waals surface area (Å²) in [6.07, 6.45) is 5.93. The highest BCUT2D eigenvalue weighted by atomic mass is 32.1. The van der Waals surface area contributed by atoms with E-state index in [1.165, 1.54) is 16.9 Å². The van der Waals surface area contributed by atoms with Crippen LogP contribution in [-0.2, 0) is 12.8 Å². The number of fused-ring (bicyclic) bond motifs is 5. The molecule has 0 saturated carbocycles. The Morgan fingerprint density at radius 3 is 3.17 bits per heavy atom. The number of nitrogens with zero attached hydrogens (tertiary/aromatic N) is 4. The summed E-state index contributed by atoms with van der Waals surface area (Å²) in [6.45, 7) is 6.30. The maximum atomic E-state index is 12.3. The Labute approximate surface area is 144 Å². The SMILES string of the molecule is CCC(C)NC(=O)c1nc2c3c4c(sc3ncn2n1)CCC(C)C4. The van der Waals surface area contributed by atoms with Crippen molar-refractivity contribution in [1.82, 2.24) is 24.9 Å². The van der Waals surface area contributed by atoms with Crippen LogP contribution in [0, 0.1) is 5.92 Å². The van der Waals surface area contributed by atoms with E-state index >= 15 is 0 Å². The number of hydrogen-bond donors (Lipinski definition) is 1. The Hall–Kier alpha value is -2.02. The second kappa shape index (κ2) is 5.81. The minimum atomic E-state index is -0.223. The predicted molar refractivity (Wildman–Crippen MR) is 94.6 cm³/mol. The molecule has 24 heavy (non-hydrogen) atoms. The molecule has 6 nitrogen and oxygen atoms in total. The lowest BCUT2D eigenvalue weighted by Gasteiger charge is -2.17. The van der Waals surface area contributed by atoms with Crippen molar-refractivity contribution in [3.8, 4) is 0 Å². The van der Waals surface area contributed by atoms with Crippen molar-refractivity contribution >= 4 is 33.1 Å². The summed E-state index contributed by atoms with van der Waals surface area (Å²) >= 11 is 1.76. The number of amides is 1. The number of aromatic nitrogens is 4. The Bertz CT molecular complexity index is 928. The van der Waals surface area contributed by atoms with Gasteiger partial charge in [0.15, 0.2) is 5.65 Å². The third kappa shape index (κ3) is 2.47. The maximum absolute atomic E-state index is 12.3. The summed E-state index contributed by atoms with van der Waals surface area (Å²) in [5.41, 5.74) is 2.11. The van der Waals surface area contributed by atoms with Crippen LogP contribution in [0.3, 0.4) is 0 Å². The third-order valence-corrected chi connectivity index (χ3v) is 6.02. The van der Waals surface area contributed by atoms with Crippen LogP contribution in [0.2, 0.25) is 0 Å². The van der Waals surface area contributed by atoms with E-state index in [-0.39, 0.29) is 17.8 Å². The molecule has 1 aliphatic carbocycles. The molecule has 3 aromatic rings. The van der Waals surface area contributed by atoms with Gasteiger partial charge in [0.25, 0.3) is 5.91 Å². The first kappa shape index (κ1) is 15.5. The summed E-state index contributed by atoms with van der Waals surface area (Å²) in [5, 5.41) is 8.34. The van der Waals surface area contributed by atoms with Crippen molar-refractivity contribution in [2.24, 2.45) is 5.92 Å². The molecule has 0 aliphatic heterocycles. The molecule has 126 valence electrons. The number of nitrogens with one attached hydrogen (secondary N) is 1. The molecule has 0 spiro atoms. The fourth-order valence-electron chi connectivity index (χ4n) is 3.23. The van der Waals surface area contributed by atoms with Gasteiger partial charge in [-0.05, 0) is 44.1 Å². The first-order valence-electron chi connectivity index (χ1n) is 8.53. The van der Waals surface area contributed by atoms with Gasteiger partial charge >= 0.3 is 0 Å². The second-order valence-corrected chi connectivity index (χ2v) is 7.85. The third-order valence-electron chi connectivity index (χ3n) is 4.82. The van der Waals surface area contributed by atoms with Crippen molar-refractivity contribution in [2.45, 2.75) is 52.5 Å². The molecule has 1 amide bonds. The van der Waals surface area contributed by atoms with E-state index in [1.807, 2.05) is 13.8 Å². The molecule has 7 heteroatoms. The second-order valence-electron chi connectivity index (χ2n) is 6.76. The monoisotopic (exact) mass is 343 g/mol. The topological polar surface area (TPSA) is 72.2 Å². The van der Waals surface area contributed by atoms with Gasteiger partial charge in [-0.15, -0.1) is 16.4 Å². The van der Waals surface area contributed by atoms with Crippen molar-refractivity contribution in [2.75, 3.05) is 0 Å². The number of hydrogen-bond acceptors (Lipinski definition) is 5. The lowest BCUT2D eigenvalue weighted by atomic mass is 9.89. The van der Waals surface area contributed by atoms with Gasteiger partial charge in [0.2, 0.25) is 5.82 Å². The quantitative estimate of drug-likeness (QED) is 0.793. The highest BCUT2D eigenvalue weighted by Gasteiger charge is 2.24. The molecular formula is C17H21N5OS. The van der Waals surface area contributed by atoms with Crippen LogP contribution in [0.1, 0.15) is 54.7 Å². The molecule has 0 radical (unpaired) electrons. The highest BCUT2D eigenvalue weighted by molar-refractivity contribution is 7.19. The largest absolute Gasteiger partial charge is 0.347 e. The van der Waals surface area contributed by atoms with Gasteiger partial charge in [0, 0.05) is 10.9 Å². The summed E-state index contributed by atoms with van der Waals surface area (Å²) in [7, 11) is 0. The van der Waals surface area contributed by atoms with Gasteiger partial charge < -0.3 is 5.32 Å². The molecule has 3 heterocycles. The van der Waals surface area contributed by atoms with Crippen LogP contribution >= 0.6 is 11.3 Å². The zero-order valence-electron chi connectivity index (χ0n) is 14.2. The van der Waals surface area contributed by atoms with E-state index in [1.54, 1.807) is 22.2 Å². The molecular weight excluding hydrogens is 322 g/mol. The molecule has 1 aliphatic rings. The smallest absolute Gasteiger partial charge is 0.291 e. The standard InChI is InChI=1S/C17H21N5OS/c1-4-10(3)19-16(23)14-20-15-13-11-7-9(2)5-6-12(11)24-17(13)18-8-22(15)21-14/h8-10H,4-7H2,1-3H3,(H,19,23). The zero-order chi connectivity index (χ0) is 16.8. The summed E-state index contributed by atoms with van der Waals surface area (Å²) < 4.78 is 1.64.